The van der Waals surface area contributed by atoms with Crippen molar-refractivity contribution in [2.75, 3.05) is 0 Å². The van der Waals surface area contributed by atoms with E-state index in [-0.39, 0.29) is 10.9 Å². The zero-order valence-electron chi connectivity index (χ0n) is 8.28. The molecular weight excluding hydrogens is 210 g/mol. The number of rotatable bonds is 2. The molecule has 0 amide bonds. The summed E-state index contributed by atoms with van der Waals surface area (Å²) >= 11 is 0. The molecule has 6 heteroatoms. The first kappa shape index (κ1) is 9.14. The number of H-pyrrole nitrogens is 2. The number of pyridine rings is 1. The molecule has 2 heterocycles. The van der Waals surface area contributed by atoms with E-state index in [1.807, 2.05) is 0 Å². The van der Waals surface area contributed by atoms with Crippen LogP contribution in [0, 0.1) is 0 Å². The number of carboxylic acid groups (broad SMARTS) is 1. The highest BCUT2D eigenvalue weighted by molar-refractivity contribution is 6.01. The standard InChI is InChI=1S/C10H9N3O3/c14-9-7-5(10(15)16)3-6(4-1-2-4)11-8(7)12-13-9/h3-4H,1-2H2,(H,15,16)(H2,11,12,13,14). The molecule has 0 aliphatic heterocycles. The van der Waals surface area contributed by atoms with Crippen LogP contribution < -0.4 is 5.56 Å². The van der Waals surface area contributed by atoms with Crippen LogP contribution >= 0.6 is 0 Å². The third kappa shape index (κ3) is 1.23. The van der Waals surface area contributed by atoms with E-state index in [9.17, 15) is 9.59 Å². The summed E-state index contributed by atoms with van der Waals surface area (Å²) in [6.45, 7) is 0. The third-order valence-corrected chi connectivity index (χ3v) is 2.79. The quantitative estimate of drug-likeness (QED) is 0.696. The Morgan fingerprint density at radius 2 is 2.19 bits per heavy atom. The second-order valence-electron chi connectivity index (χ2n) is 3.98. The molecule has 0 unspecified atom stereocenters. The lowest BCUT2D eigenvalue weighted by atomic mass is 10.1. The first-order valence-corrected chi connectivity index (χ1v) is 5.01. The van der Waals surface area contributed by atoms with Crippen LogP contribution in [0.2, 0.25) is 0 Å². The van der Waals surface area contributed by atoms with Gasteiger partial charge in [-0.2, -0.15) is 0 Å². The van der Waals surface area contributed by atoms with E-state index < -0.39 is 11.5 Å². The zero-order chi connectivity index (χ0) is 11.3. The maximum atomic E-state index is 11.4. The minimum atomic E-state index is -1.10. The van der Waals surface area contributed by atoms with Crippen molar-refractivity contribution in [1.29, 1.82) is 0 Å². The van der Waals surface area contributed by atoms with Gasteiger partial charge in [0.15, 0.2) is 5.65 Å². The van der Waals surface area contributed by atoms with Gasteiger partial charge in [-0.1, -0.05) is 0 Å². The van der Waals surface area contributed by atoms with Crippen molar-refractivity contribution in [3.05, 3.63) is 27.7 Å². The number of aromatic nitrogens is 3. The molecule has 0 bridgehead atoms. The van der Waals surface area contributed by atoms with Crippen molar-refractivity contribution in [1.82, 2.24) is 15.2 Å². The Morgan fingerprint density at radius 1 is 1.44 bits per heavy atom. The second kappa shape index (κ2) is 2.94. The zero-order valence-corrected chi connectivity index (χ0v) is 8.28. The smallest absolute Gasteiger partial charge is 0.336 e. The van der Waals surface area contributed by atoms with E-state index in [1.165, 1.54) is 6.07 Å². The van der Waals surface area contributed by atoms with E-state index in [0.29, 0.717) is 11.6 Å². The second-order valence-corrected chi connectivity index (χ2v) is 3.98. The maximum absolute atomic E-state index is 11.4. The van der Waals surface area contributed by atoms with E-state index in [0.717, 1.165) is 18.5 Å². The number of carboxylic acids is 1. The Morgan fingerprint density at radius 3 is 2.81 bits per heavy atom. The van der Waals surface area contributed by atoms with E-state index >= 15 is 0 Å². The molecule has 0 radical (unpaired) electrons. The predicted octanol–water partition coefficient (Wildman–Crippen LogP) is 0.827. The van der Waals surface area contributed by atoms with Crippen molar-refractivity contribution < 1.29 is 9.90 Å². The molecule has 2 aromatic heterocycles. The van der Waals surface area contributed by atoms with Gasteiger partial charge >= 0.3 is 5.97 Å². The molecule has 3 rings (SSSR count). The Labute approximate surface area is 89.3 Å². The lowest BCUT2D eigenvalue weighted by Crippen LogP contribution is -2.07. The Hall–Kier alpha value is -2.11. The number of hydrogen-bond donors (Lipinski definition) is 3. The summed E-state index contributed by atoms with van der Waals surface area (Å²) in [4.78, 5) is 26.7. The average Bonchev–Trinajstić information content (AvgIpc) is 3.03. The van der Waals surface area contributed by atoms with Gasteiger partial charge in [-0.3, -0.25) is 15.0 Å². The first-order chi connectivity index (χ1) is 7.66. The molecule has 6 nitrogen and oxygen atoms in total. The minimum absolute atomic E-state index is 0.0226. The Balaban J connectivity index is 2.36. The van der Waals surface area contributed by atoms with Crippen LogP contribution in [-0.4, -0.2) is 26.3 Å². The summed E-state index contributed by atoms with van der Waals surface area (Å²) in [7, 11) is 0. The van der Waals surface area contributed by atoms with Crippen LogP contribution in [0.25, 0.3) is 11.0 Å². The van der Waals surface area contributed by atoms with E-state index in [4.69, 9.17) is 5.11 Å². The maximum Gasteiger partial charge on any atom is 0.336 e. The first-order valence-electron chi connectivity index (χ1n) is 5.01. The van der Waals surface area contributed by atoms with Crippen molar-refractivity contribution in [3.8, 4) is 0 Å². The molecule has 2 aromatic rings. The normalized spacial score (nSPS) is 15.5. The molecule has 0 saturated heterocycles. The fraction of sp³-hybridized carbons (Fsp3) is 0.300. The highest BCUT2D eigenvalue weighted by atomic mass is 16.4. The van der Waals surface area contributed by atoms with Gasteiger partial charge in [0.2, 0.25) is 0 Å². The molecule has 3 N–H and O–H groups in total. The number of fused-ring (bicyclic) bond motifs is 1. The van der Waals surface area contributed by atoms with E-state index in [2.05, 4.69) is 15.2 Å². The average molecular weight is 219 g/mol. The van der Waals surface area contributed by atoms with Crippen molar-refractivity contribution in [3.63, 3.8) is 0 Å². The van der Waals surface area contributed by atoms with Gasteiger partial charge in [-0.15, -0.1) is 0 Å². The summed E-state index contributed by atoms with van der Waals surface area (Å²) in [5.41, 5.74) is 0.656. The molecule has 16 heavy (non-hydrogen) atoms. The highest BCUT2D eigenvalue weighted by Crippen LogP contribution is 2.39. The third-order valence-electron chi connectivity index (χ3n) is 2.79. The van der Waals surface area contributed by atoms with Gasteiger partial charge in [0, 0.05) is 11.6 Å². The minimum Gasteiger partial charge on any atom is -0.478 e. The van der Waals surface area contributed by atoms with Gasteiger partial charge < -0.3 is 5.11 Å². The molecule has 82 valence electrons. The number of nitrogens with one attached hydrogen (secondary N) is 2. The number of aromatic carboxylic acids is 1. The van der Waals surface area contributed by atoms with Gasteiger partial charge in [0.05, 0.1) is 10.9 Å². The van der Waals surface area contributed by atoms with Crippen LogP contribution in [0.1, 0.15) is 34.8 Å². The largest absolute Gasteiger partial charge is 0.478 e. The fourth-order valence-electron chi connectivity index (χ4n) is 1.82. The summed E-state index contributed by atoms with van der Waals surface area (Å²) in [6, 6.07) is 1.51. The molecule has 0 atom stereocenters. The highest BCUT2D eigenvalue weighted by Gasteiger charge is 2.27. The molecule has 1 aliphatic rings. The lowest BCUT2D eigenvalue weighted by Gasteiger charge is -2.00. The Kier molecular flexibility index (Phi) is 1.68. The van der Waals surface area contributed by atoms with Gasteiger partial charge in [0.1, 0.15) is 0 Å². The molecule has 1 aliphatic carbocycles. The molecular formula is C10H9N3O3. The molecule has 1 saturated carbocycles. The molecule has 0 spiro atoms. The van der Waals surface area contributed by atoms with E-state index in [1.54, 1.807) is 0 Å². The lowest BCUT2D eigenvalue weighted by molar-refractivity contribution is 0.0698. The van der Waals surface area contributed by atoms with Crippen molar-refractivity contribution in [2.45, 2.75) is 18.8 Å². The van der Waals surface area contributed by atoms with Crippen LogP contribution in [-0.2, 0) is 0 Å². The van der Waals surface area contributed by atoms with Gasteiger partial charge in [-0.05, 0) is 18.9 Å². The van der Waals surface area contributed by atoms with Crippen LogP contribution in [0.15, 0.2) is 10.9 Å². The Bertz CT molecular complexity index is 636. The molecule has 0 aromatic carbocycles. The van der Waals surface area contributed by atoms with Crippen LogP contribution in [0.4, 0.5) is 0 Å². The summed E-state index contributed by atoms with van der Waals surface area (Å²) in [6.07, 6.45) is 2.07. The summed E-state index contributed by atoms with van der Waals surface area (Å²) in [5, 5.41) is 14.1. The molecule has 1 fully saturated rings. The number of nitrogens with zero attached hydrogens (tertiary/aromatic N) is 1. The SMILES string of the molecule is O=C(O)c1cc(C2CC2)nc2[nH][nH]c(=O)c12. The monoisotopic (exact) mass is 219 g/mol. The number of aromatic amines is 2. The summed E-state index contributed by atoms with van der Waals surface area (Å²) < 4.78 is 0. The number of carbonyl (C=O) groups is 1. The number of hydrogen-bond acceptors (Lipinski definition) is 3. The predicted molar refractivity (Wildman–Crippen MR) is 55.6 cm³/mol. The van der Waals surface area contributed by atoms with Crippen LogP contribution in [0.5, 0.6) is 0 Å². The summed E-state index contributed by atoms with van der Waals surface area (Å²) in [5.74, 6) is -0.750. The van der Waals surface area contributed by atoms with Gasteiger partial charge in [-0.25, -0.2) is 9.78 Å². The topological polar surface area (TPSA) is 98.8 Å². The van der Waals surface area contributed by atoms with Gasteiger partial charge in [0.25, 0.3) is 5.56 Å². The van der Waals surface area contributed by atoms with Crippen molar-refractivity contribution >= 4 is 17.0 Å². The fourth-order valence-corrected chi connectivity index (χ4v) is 1.82. The van der Waals surface area contributed by atoms with Crippen molar-refractivity contribution in [2.24, 2.45) is 0 Å². The van der Waals surface area contributed by atoms with Crippen LogP contribution in [0.3, 0.4) is 0 Å².